The van der Waals surface area contributed by atoms with Gasteiger partial charge >= 0.3 is 0 Å². The molecule has 0 saturated carbocycles. The number of ketones is 1. The molecule has 0 N–H and O–H groups in total. The van der Waals surface area contributed by atoms with Crippen LogP contribution in [0.3, 0.4) is 0 Å². The maximum atomic E-state index is 13.7. The van der Waals surface area contributed by atoms with Gasteiger partial charge in [0.1, 0.15) is 5.82 Å². The quantitative estimate of drug-likeness (QED) is 0.686. The molecule has 0 radical (unpaired) electrons. The number of aromatic nitrogens is 2. The lowest BCUT2D eigenvalue weighted by molar-refractivity contribution is 0.0993. The highest BCUT2D eigenvalue weighted by atomic mass is 79.9. The molecule has 2 aromatic heterocycles. The van der Waals surface area contributed by atoms with Crippen LogP contribution >= 0.6 is 15.9 Å². The lowest BCUT2D eigenvalue weighted by atomic mass is 10.0. The van der Waals surface area contributed by atoms with Gasteiger partial charge in [-0.3, -0.25) is 4.79 Å². The van der Waals surface area contributed by atoms with Gasteiger partial charge in [0.15, 0.2) is 5.78 Å². The van der Waals surface area contributed by atoms with Gasteiger partial charge in [0, 0.05) is 17.1 Å². The van der Waals surface area contributed by atoms with Gasteiger partial charge in [0.25, 0.3) is 0 Å². The Labute approximate surface area is 123 Å². The van der Waals surface area contributed by atoms with E-state index in [0.717, 1.165) is 9.99 Å². The predicted molar refractivity (Wildman–Crippen MR) is 77.3 cm³/mol. The van der Waals surface area contributed by atoms with E-state index >= 15 is 0 Å². The molecule has 1 aromatic carbocycles. The average Bonchev–Trinajstić information content (AvgIpc) is 2.87. The van der Waals surface area contributed by atoms with Crippen LogP contribution in [-0.2, 0) is 6.42 Å². The number of hydrogen-bond donors (Lipinski definition) is 0. The lowest BCUT2D eigenvalue weighted by Crippen LogP contribution is -2.05. The Morgan fingerprint density at radius 1 is 1.30 bits per heavy atom. The van der Waals surface area contributed by atoms with Gasteiger partial charge in [-0.2, -0.15) is 5.10 Å². The lowest BCUT2D eigenvalue weighted by Gasteiger charge is -2.03. The molecule has 3 aromatic rings. The molecule has 0 atom stereocenters. The maximum Gasteiger partial charge on any atom is 0.171 e. The summed E-state index contributed by atoms with van der Waals surface area (Å²) in [6, 6.07) is 10.1. The van der Waals surface area contributed by atoms with Crippen LogP contribution in [0.5, 0.6) is 0 Å². The van der Waals surface area contributed by atoms with Crippen LogP contribution in [0.1, 0.15) is 15.9 Å². The summed E-state index contributed by atoms with van der Waals surface area (Å²) in [4.78, 5) is 12.3. The molecule has 3 rings (SSSR count). The van der Waals surface area contributed by atoms with Crippen molar-refractivity contribution in [2.24, 2.45) is 0 Å². The molecule has 3 nitrogen and oxygen atoms in total. The highest BCUT2D eigenvalue weighted by Crippen LogP contribution is 2.19. The number of rotatable bonds is 3. The number of benzene rings is 1. The van der Waals surface area contributed by atoms with Crippen LogP contribution < -0.4 is 0 Å². The number of Topliss-reactive ketones (excluding diaryl/α,β-unsaturated/α-hetero) is 1. The standard InChI is InChI=1S/C15H10BrFN2O/c16-11-4-5-13(17)10(7-11)8-15(20)12-9-18-19-6-2-1-3-14(12)19/h1-7,9H,8H2. The van der Waals surface area contributed by atoms with Gasteiger partial charge in [-0.25, -0.2) is 8.91 Å². The third kappa shape index (κ3) is 2.36. The number of pyridine rings is 1. The van der Waals surface area contributed by atoms with Crippen LogP contribution in [0, 0.1) is 5.82 Å². The minimum absolute atomic E-state index is 0.0154. The summed E-state index contributed by atoms with van der Waals surface area (Å²) in [5.74, 6) is -0.527. The van der Waals surface area contributed by atoms with E-state index in [4.69, 9.17) is 0 Å². The van der Waals surface area contributed by atoms with Crippen molar-refractivity contribution in [3.05, 3.63) is 70.2 Å². The molecule has 0 aliphatic rings. The first-order valence-corrected chi connectivity index (χ1v) is 6.84. The highest BCUT2D eigenvalue weighted by molar-refractivity contribution is 9.10. The van der Waals surface area contributed by atoms with Crippen LogP contribution in [0.2, 0.25) is 0 Å². The zero-order valence-electron chi connectivity index (χ0n) is 10.4. The van der Waals surface area contributed by atoms with Crippen molar-refractivity contribution < 1.29 is 9.18 Å². The first-order valence-electron chi connectivity index (χ1n) is 6.04. The van der Waals surface area contributed by atoms with E-state index in [0.29, 0.717) is 11.1 Å². The average molecular weight is 333 g/mol. The molecule has 0 saturated heterocycles. The molecule has 20 heavy (non-hydrogen) atoms. The van der Waals surface area contributed by atoms with Crippen LogP contribution in [0.4, 0.5) is 4.39 Å². The minimum atomic E-state index is -0.377. The number of halogens is 2. The smallest absolute Gasteiger partial charge is 0.171 e. The molecule has 0 aliphatic heterocycles. The molecule has 0 fully saturated rings. The van der Waals surface area contributed by atoms with Crippen molar-refractivity contribution in [3.63, 3.8) is 0 Å². The zero-order chi connectivity index (χ0) is 14.1. The van der Waals surface area contributed by atoms with Gasteiger partial charge in [-0.1, -0.05) is 22.0 Å². The van der Waals surface area contributed by atoms with Crippen LogP contribution in [-0.4, -0.2) is 15.4 Å². The summed E-state index contributed by atoms with van der Waals surface area (Å²) in [5.41, 5.74) is 1.61. The molecular formula is C15H10BrFN2O. The van der Waals surface area contributed by atoms with Crippen molar-refractivity contribution in [1.29, 1.82) is 0 Å². The predicted octanol–water partition coefficient (Wildman–Crippen LogP) is 3.66. The zero-order valence-corrected chi connectivity index (χ0v) is 12.0. The molecule has 0 spiro atoms. The molecule has 0 amide bonds. The number of nitrogens with zero attached hydrogens (tertiary/aromatic N) is 2. The second kappa shape index (κ2) is 5.17. The first-order chi connectivity index (χ1) is 9.65. The monoisotopic (exact) mass is 332 g/mol. The van der Waals surface area contributed by atoms with Crippen molar-refractivity contribution in [3.8, 4) is 0 Å². The highest BCUT2D eigenvalue weighted by Gasteiger charge is 2.15. The van der Waals surface area contributed by atoms with Crippen molar-refractivity contribution in [2.75, 3.05) is 0 Å². The topological polar surface area (TPSA) is 34.4 Å². The maximum absolute atomic E-state index is 13.7. The molecule has 0 bridgehead atoms. The summed E-state index contributed by atoms with van der Waals surface area (Å²) in [6.45, 7) is 0. The molecular weight excluding hydrogens is 323 g/mol. The molecule has 100 valence electrons. The number of carbonyl (C=O) groups excluding carboxylic acids is 1. The Morgan fingerprint density at radius 2 is 2.15 bits per heavy atom. The van der Waals surface area contributed by atoms with Crippen molar-refractivity contribution >= 4 is 27.2 Å². The fourth-order valence-corrected chi connectivity index (χ4v) is 2.50. The molecule has 2 heterocycles. The number of fused-ring (bicyclic) bond motifs is 1. The van der Waals surface area contributed by atoms with E-state index in [1.54, 1.807) is 22.8 Å². The summed E-state index contributed by atoms with van der Waals surface area (Å²) in [7, 11) is 0. The van der Waals surface area contributed by atoms with Crippen LogP contribution in [0.25, 0.3) is 5.52 Å². The fourth-order valence-electron chi connectivity index (χ4n) is 2.10. The summed E-state index contributed by atoms with van der Waals surface area (Å²) < 4.78 is 16.1. The number of hydrogen-bond acceptors (Lipinski definition) is 2. The van der Waals surface area contributed by atoms with Crippen LogP contribution in [0.15, 0.2) is 53.3 Å². The Bertz CT molecular complexity index is 797. The van der Waals surface area contributed by atoms with Crippen molar-refractivity contribution in [1.82, 2.24) is 9.61 Å². The minimum Gasteiger partial charge on any atom is -0.294 e. The van der Waals surface area contributed by atoms with E-state index in [9.17, 15) is 9.18 Å². The van der Waals surface area contributed by atoms with E-state index in [2.05, 4.69) is 21.0 Å². The Hall–Kier alpha value is -2.01. The Morgan fingerprint density at radius 3 is 3.00 bits per heavy atom. The van der Waals surface area contributed by atoms with Gasteiger partial charge < -0.3 is 0 Å². The Balaban J connectivity index is 1.95. The van der Waals surface area contributed by atoms with Gasteiger partial charge in [-0.05, 0) is 35.9 Å². The molecule has 0 aliphatic carbocycles. The van der Waals surface area contributed by atoms with Gasteiger partial charge in [-0.15, -0.1) is 0 Å². The first kappa shape index (κ1) is 13.0. The Kier molecular flexibility index (Phi) is 3.36. The number of carbonyl (C=O) groups is 1. The van der Waals surface area contributed by atoms with Gasteiger partial charge in [0.2, 0.25) is 0 Å². The molecule has 0 unspecified atom stereocenters. The largest absolute Gasteiger partial charge is 0.294 e. The second-order valence-corrected chi connectivity index (χ2v) is 5.34. The van der Waals surface area contributed by atoms with E-state index in [1.807, 2.05) is 18.2 Å². The summed E-state index contributed by atoms with van der Waals surface area (Å²) in [6.07, 6.45) is 3.31. The van der Waals surface area contributed by atoms with E-state index in [1.165, 1.54) is 12.3 Å². The van der Waals surface area contributed by atoms with E-state index < -0.39 is 0 Å². The SMILES string of the molecule is O=C(Cc1cc(Br)ccc1F)c1cnn2ccccc12. The fraction of sp³-hybridized carbons (Fsp3) is 0.0667. The normalized spacial score (nSPS) is 10.9. The second-order valence-electron chi connectivity index (χ2n) is 4.42. The summed E-state index contributed by atoms with van der Waals surface area (Å²) in [5, 5.41) is 4.11. The summed E-state index contributed by atoms with van der Waals surface area (Å²) >= 11 is 3.28. The van der Waals surface area contributed by atoms with Crippen molar-refractivity contribution in [2.45, 2.75) is 6.42 Å². The van der Waals surface area contributed by atoms with Gasteiger partial charge in [0.05, 0.1) is 17.3 Å². The third-order valence-corrected chi connectivity index (χ3v) is 3.58. The van der Waals surface area contributed by atoms with E-state index in [-0.39, 0.29) is 18.0 Å². The third-order valence-electron chi connectivity index (χ3n) is 3.09. The molecule has 5 heteroatoms.